The Labute approximate surface area is 249 Å². The molecule has 0 saturated carbocycles. The molecule has 1 heterocycles. The topological polar surface area (TPSA) is 118 Å². The van der Waals surface area contributed by atoms with Crippen molar-refractivity contribution in [3.8, 4) is 11.8 Å². The number of thioether (sulfide) groups is 1. The van der Waals surface area contributed by atoms with E-state index in [0.29, 0.717) is 11.8 Å². The number of esters is 1. The number of nitriles is 1. The molecule has 2 N–H and O–H groups in total. The number of hydrogen-bond acceptors (Lipinski definition) is 7. The third kappa shape index (κ3) is 7.04. The van der Waals surface area contributed by atoms with Crippen molar-refractivity contribution in [3.05, 3.63) is 66.6 Å². The summed E-state index contributed by atoms with van der Waals surface area (Å²) in [6, 6.07) is 8.00. The highest BCUT2D eigenvalue weighted by molar-refractivity contribution is 9.10. The molecule has 15 heteroatoms. The van der Waals surface area contributed by atoms with Crippen LogP contribution in [0.15, 0.2) is 45.4 Å². The van der Waals surface area contributed by atoms with Gasteiger partial charge in [0.15, 0.2) is 5.75 Å². The van der Waals surface area contributed by atoms with Gasteiger partial charge in [-0.05, 0) is 42.8 Å². The van der Waals surface area contributed by atoms with Crippen LogP contribution in [0.3, 0.4) is 0 Å². The lowest BCUT2D eigenvalue weighted by Crippen LogP contribution is -2.44. The Morgan fingerprint density at radius 3 is 2.42 bits per heavy atom. The number of halogens is 6. The SMILES string of the molecule is CCOc1c(Cl)cc([C@@H]2C(C#N)=C(SCC(=O)Nc3ccc(Br)cc3C(F)(F)F)NC(=O)[C@H]2C(=O)OC)cc1Cl. The number of carbonyl (C=O) groups is 3. The number of nitrogens with one attached hydrogen (secondary N) is 2. The van der Waals surface area contributed by atoms with Crippen LogP contribution in [0.5, 0.6) is 5.75 Å². The highest BCUT2D eigenvalue weighted by Crippen LogP contribution is 2.44. The Morgan fingerprint density at radius 2 is 1.88 bits per heavy atom. The standard InChI is InChI=1S/C25H19BrCl2F3N3O5S/c1-3-39-21-15(27)6-11(7-16(21)28)19-13(9-32)23(34-22(36)20(19)24(37)38-2)40-10-18(35)33-17-5-4-12(26)8-14(17)25(29,30)31/h4-8,19-20H,3,10H2,1-2H3,(H,33,35)(H,34,36)/t19-,20+/m1/s1. The smallest absolute Gasteiger partial charge is 0.418 e. The van der Waals surface area contributed by atoms with Gasteiger partial charge in [-0.15, -0.1) is 0 Å². The summed E-state index contributed by atoms with van der Waals surface area (Å²) in [6.07, 6.45) is -4.73. The van der Waals surface area contributed by atoms with Crippen LogP contribution in [-0.2, 0) is 25.3 Å². The quantitative estimate of drug-likeness (QED) is 0.249. The molecule has 2 aromatic carbocycles. The molecular weight excluding hydrogens is 662 g/mol. The van der Waals surface area contributed by atoms with Gasteiger partial charge >= 0.3 is 12.1 Å². The summed E-state index contributed by atoms with van der Waals surface area (Å²) in [7, 11) is 1.08. The van der Waals surface area contributed by atoms with Crippen molar-refractivity contribution in [2.75, 3.05) is 24.8 Å². The third-order valence-electron chi connectivity index (χ3n) is 5.56. The maximum Gasteiger partial charge on any atom is 0.418 e. The molecule has 40 heavy (non-hydrogen) atoms. The largest absolute Gasteiger partial charge is 0.491 e. The van der Waals surface area contributed by atoms with Crippen LogP contribution in [0.1, 0.15) is 24.0 Å². The Morgan fingerprint density at radius 1 is 1.23 bits per heavy atom. The number of methoxy groups -OCH3 is 1. The first-order valence-corrected chi connectivity index (χ1v) is 13.8. The molecule has 0 bridgehead atoms. The number of amides is 2. The lowest BCUT2D eigenvalue weighted by atomic mass is 9.78. The number of carbonyl (C=O) groups excluding carboxylic acids is 3. The first kappa shape index (κ1) is 31.6. The molecule has 0 aromatic heterocycles. The van der Waals surface area contributed by atoms with Gasteiger partial charge in [-0.1, -0.05) is 50.9 Å². The number of allylic oxidation sites excluding steroid dienone is 1. The van der Waals surface area contributed by atoms with Crippen LogP contribution in [0, 0.1) is 17.2 Å². The van der Waals surface area contributed by atoms with E-state index in [2.05, 4.69) is 26.6 Å². The number of ether oxygens (including phenoxy) is 2. The maximum absolute atomic E-state index is 13.4. The Kier molecular flexibility index (Phi) is 10.4. The van der Waals surface area contributed by atoms with Gasteiger partial charge in [0.1, 0.15) is 5.92 Å². The van der Waals surface area contributed by atoms with Gasteiger partial charge in [0.2, 0.25) is 11.8 Å². The van der Waals surface area contributed by atoms with E-state index >= 15 is 0 Å². The molecule has 0 fully saturated rings. The first-order valence-electron chi connectivity index (χ1n) is 11.3. The minimum atomic E-state index is -4.73. The predicted octanol–water partition coefficient (Wildman–Crippen LogP) is 6.28. The van der Waals surface area contributed by atoms with Crippen LogP contribution in [0.2, 0.25) is 10.0 Å². The van der Waals surface area contributed by atoms with Crippen molar-refractivity contribution < 1.29 is 37.0 Å². The van der Waals surface area contributed by atoms with Crippen molar-refractivity contribution in [1.29, 1.82) is 5.26 Å². The number of nitrogens with zero attached hydrogens (tertiary/aromatic N) is 1. The maximum atomic E-state index is 13.4. The molecule has 2 atom stereocenters. The van der Waals surface area contributed by atoms with Crippen LogP contribution in [0.25, 0.3) is 0 Å². The summed E-state index contributed by atoms with van der Waals surface area (Å²) in [6.45, 7) is 1.97. The highest BCUT2D eigenvalue weighted by Gasteiger charge is 2.45. The summed E-state index contributed by atoms with van der Waals surface area (Å²) < 4.78 is 50.6. The number of hydrogen-bond donors (Lipinski definition) is 2. The minimum absolute atomic E-state index is 0.0687. The Hall–Kier alpha value is -2.92. The summed E-state index contributed by atoms with van der Waals surface area (Å²) in [5.41, 5.74) is -1.41. The summed E-state index contributed by atoms with van der Waals surface area (Å²) in [4.78, 5) is 38.2. The van der Waals surface area contributed by atoms with Gasteiger partial charge in [0.25, 0.3) is 0 Å². The van der Waals surface area contributed by atoms with E-state index in [1.54, 1.807) is 6.92 Å². The second-order valence-corrected chi connectivity index (χ2v) is 10.8. The van der Waals surface area contributed by atoms with E-state index in [4.69, 9.17) is 32.7 Å². The zero-order valence-corrected chi connectivity index (χ0v) is 24.5. The van der Waals surface area contributed by atoms with E-state index in [0.717, 1.165) is 19.2 Å². The zero-order valence-electron chi connectivity index (χ0n) is 20.6. The summed E-state index contributed by atoms with van der Waals surface area (Å²) >= 11 is 16.3. The molecular formula is C25H19BrCl2F3N3O5S. The summed E-state index contributed by atoms with van der Waals surface area (Å²) in [5.74, 6) is -5.61. The molecule has 1 aliphatic heterocycles. The third-order valence-corrected chi connectivity index (χ3v) is 7.63. The molecule has 1 aliphatic rings. The van der Waals surface area contributed by atoms with Gasteiger partial charge in [-0.3, -0.25) is 14.4 Å². The van der Waals surface area contributed by atoms with E-state index in [1.807, 2.05) is 6.07 Å². The Balaban J connectivity index is 1.97. The van der Waals surface area contributed by atoms with Crippen LogP contribution < -0.4 is 15.4 Å². The molecule has 8 nitrogen and oxygen atoms in total. The van der Waals surface area contributed by atoms with Crippen LogP contribution >= 0.6 is 50.9 Å². The second-order valence-electron chi connectivity index (χ2n) is 8.09. The molecule has 0 spiro atoms. The van der Waals surface area contributed by atoms with Crippen molar-refractivity contribution in [2.24, 2.45) is 5.92 Å². The lowest BCUT2D eigenvalue weighted by Gasteiger charge is -2.31. The van der Waals surface area contributed by atoms with Crippen molar-refractivity contribution >= 4 is 74.4 Å². The number of alkyl halides is 3. The van der Waals surface area contributed by atoms with Gasteiger partial charge in [0.05, 0.1) is 57.4 Å². The lowest BCUT2D eigenvalue weighted by molar-refractivity contribution is -0.150. The fourth-order valence-electron chi connectivity index (χ4n) is 3.90. The first-order chi connectivity index (χ1) is 18.8. The number of benzene rings is 2. The van der Waals surface area contributed by atoms with E-state index in [1.165, 1.54) is 18.2 Å². The predicted molar refractivity (Wildman–Crippen MR) is 147 cm³/mol. The second kappa shape index (κ2) is 13.2. The number of anilines is 1. The normalized spacial score (nSPS) is 17.1. The van der Waals surface area contributed by atoms with Crippen molar-refractivity contribution in [1.82, 2.24) is 5.32 Å². The summed E-state index contributed by atoms with van der Waals surface area (Å²) in [5, 5.41) is 14.7. The molecule has 0 saturated heterocycles. The Bertz CT molecular complexity index is 1410. The fourth-order valence-corrected chi connectivity index (χ4v) is 5.73. The van der Waals surface area contributed by atoms with E-state index in [-0.39, 0.29) is 43.0 Å². The molecule has 3 rings (SSSR count). The highest BCUT2D eigenvalue weighted by atomic mass is 79.9. The van der Waals surface area contributed by atoms with Gasteiger partial charge in [0, 0.05) is 10.4 Å². The molecule has 2 amide bonds. The van der Waals surface area contributed by atoms with Crippen LogP contribution in [-0.4, -0.2) is 37.3 Å². The van der Waals surface area contributed by atoms with E-state index in [9.17, 15) is 32.8 Å². The average molecular weight is 681 g/mol. The number of rotatable bonds is 8. The van der Waals surface area contributed by atoms with Crippen LogP contribution in [0.4, 0.5) is 18.9 Å². The van der Waals surface area contributed by atoms with E-state index < -0.39 is 52.8 Å². The molecule has 0 unspecified atom stereocenters. The average Bonchev–Trinajstić information content (AvgIpc) is 2.88. The van der Waals surface area contributed by atoms with Gasteiger partial charge < -0.3 is 20.1 Å². The fraction of sp³-hybridized carbons (Fsp3) is 0.280. The van der Waals surface area contributed by atoms with Crippen molar-refractivity contribution in [3.63, 3.8) is 0 Å². The molecule has 0 aliphatic carbocycles. The van der Waals surface area contributed by atoms with Crippen molar-refractivity contribution in [2.45, 2.75) is 19.0 Å². The molecule has 0 radical (unpaired) electrons. The minimum Gasteiger partial charge on any atom is -0.491 e. The van der Waals surface area contributed by atoms with Gasteiger partial charge in [-0.25, -0.2) is 0 Å². The molecule has 212 valence electrons. The zero-order chi connectivity index (χ0) is 29.8. The monoisotopic (exact) mass is 679 g/mol. The van der Waals surface area contributed by atoms with Gasteiger partial charge in [-0.2, -0.15) is 18.4 Å². The molecule has 2 aromatic rings.